The molecule has 98 valence electrons. The lowest BCUT2D eigenvalue weighted by Gasteiger charge is -2.07. The number of hydrogen-bond acceptors (Lipinski definition) is 3. The first-order valence-corrected chi connectivity index (χ1v) is 6.14. The molecular formula is C14H20N2O2. The van der Waals surface area contributed by atoms with Gasteiger partial charge in [0.15, 0.2) is 6.61 Å². The van der Waals surface area contributed by atoms with Crippen LogP contribution in [0.2, 0.25) is 0 Å². The number of aryl methyl sites for hydroxylation is 1. The molecule has 0 bridgehead atoms. The van der Waals surface area contributed by atoms with E-state index in [-0.39, 0.29) is 12.5 Å². The number of nitrogens with zero attached hydrogens (tertiary/aromatic N) is 1. The van der Waals surface area contributed by atoms with E-state index in [1.165, 1.54) is 0 Å². The van der Waals surface area contributed by atoms with E-state index in [9.17, 15) is 4.79 Å². The monoisotopic (exact) mass is 248 g/mol. The number of hydrazone groups is 1. The molecule has 0 saturated heterocycles. The summed E-state index contributed by atoms with van der Waals surface area (Å²) in [5.74, 6) is 0.482. The molecule has 0 saturated carbocycles. The molecule has 0 aromatic heterocycles. The maximum absolute atomic E-state index is 11.5. The largest absolute Gasteiger partial charge is 0.483 e. The van der Waals surface area contributed by atoms with Crippen molar-refractivity contribution in [2.45, 2.75) is 33.6 Å². The molecule has 0 aliphatic rings. The molecule has 0 heterocycles. The molecule has 0 spiro atoms. The lowest BCUT2D eigenvalue weighted by atomic mass is 10.2. The Hall–Kier alpha value is -1.84. The summed E-state index contributed by atoms with van der Waals surface area (Å²) >= 11 is 0. The number of ether oxygens (including phenoxy) is 1. The van der Waals surface area contributed by atoms with Crippen LogP contribution < -0.4 is 10.2 Å². The molecule has 0 aliphatic heterocycles. The van der Waals surface area contributed by atoms with Crippen molar-refractivity contribution in [2.24, 2.45) is 5.10 Å². The lowest BCUT2D eigenvalue weighted by Crippen LogP contribution is -2.25. The molecule has 1 rings (SSSR count). The van der Waals surface area contributed by atoms with Gasteiger partial charge in [0, 0.05) is 5.71 Å². The Kier molecular flexibility index (Phi) is 5.91. The smallest absolute Gasteiger partial charge is 0.277 e. The lowest BCUT2D eigenvalue weighted by molar-refractivity contribution is -0.123. The Morgan fingerprint density at radius 2 is 2.11 bits per heavy atom. The second kappa shape index (κ2) is 7.48. The van der Waals surface area contributed by atoms with Crippen molar-refractivity contribution in [2.75, 3.05) is 6.61 Å². The summed E-state index contributed by atoms with van der Waals surface area (Å²) in [6.07, 6.45) is 1.91. The zero-order valence-electron chi connectivity index (χ0n) is 11.2. The summed E-state index contributed by atoms with van der Waals surface area (Å²) in [4.78, 5) is 11.5. The third-order valence-corrected chi connectivity index (χ3v) is 2.44. The number of benzene rings is 1. The summed E-state index contributed by atoms with van der Waals surface area (Å²) in [6.45, 7) is 5.89. The van der Waals surface area contributed by atoms with E-state index < -0.39 is 0 Å². The molecule has 1 aromatic rings. The number of nitrogens with one attached hydrogen (secondary N) is 1. The average Bonchev–Trinajstić information content (AvgIpc) is 2.36. The maximum atomic E-state index is 11.5. The van der Waals surface area contributed by atoms with Crippen LogP contribution in [0.25, 0.3) is 0 Å². The molecule has 1 amide bonds. The van der Waals surface area contributed by atoms with Gasteiger partial charge in [0.1, 0.15) is 5.75 Å². The van der Waals surface area contributed by atoms with E-state index in [0.29, 0.717) is 0 Å². The Labute approximate surface area is 108 Å². The van der Waals surface area contributed by atoms with Gasteiger partial charge in [-0.3, -0.25) is 4.79 Å². The number of amides is 1. The van der Waals surface area contributed by atoms with Crippen LogP contribution in [0.5, 0.6) is 5.75 Å². The summed E-state index contributed by atoms with van der Waals surface area (Å²) in [5.41, 5.74) is 4.41. The average molecular weight is 248 g/mol. The van der Waals surface area contributed by atoms with E-state index in [1.807, 2.05) is 38.1 Å². The molecule has 0 radical (unpaired) electrons. The Morgan fingerprint density at radius 1 is 1.39 bits per heavy atom. The Bertz CT molecular complexity index is 428. The van der Waals surface area contributed by atoms with Gasteiger partial charge in [-0.15, -0.1) is 0 Å². The van der Waals surface area contributed by atoms with Crippen molar-refractivity contribution in [3.63, 3.8) is 0 Å². The van der Waals surface area contributed by atoms with Crippen LogP contribution >= 0.6 is 0 Å². The third kappa shape index (κ3) is 4.99. The number of carbonyl (C=O) groups is 1. The van der Waals surface area contributed by atoms with Crippen LogP contribution in [0.15, 0.2) is 29.4 Å². The fourth-order valence-corrected chi connectivity index (χ4v) is 1.47. The fourth-order valence-electron chi connectivity index (χ4n) is 1.47. The van der Waals surface area contributed by atoms with Crippen molar-refractivity contribution in [3.05, 3.63) is 29.8 Å². The van der Waals surface area contributed by atoms with Crippen molar-refractivity contribution in [3.8, 4) is 5.75 Å². The molecule has 18 heavy (non-hydrogen) atoms. The summed E-state index contributed by atoms with van der Waals surface area (Å²) < 4.78 is 5.41. The van der Waals surface area contributed by atoms with Crippen LogP contribution in [0.1, 0.15) is 32.3 Å². The Morgan fingerprint density at radius 3 is 2.78 bits per heavy atom. The van der Waals surface area contributed by atoms with Crippen molar-refractivity contribution in [1.29, 1.82) is 0 Å². The maximum Gasteiger partial charge on any atom is 0.277 e. The van der Waals surface area contributed by atoms with Crippen LogP contribution in [-0.4, -0.2) is 18.2 Å². The molecule has 0 fully saturated rings. The zero-order valence-corrected chi connectivity index (χ0v) is 11.2. The highest BCUT2D eigenvalue weighted by molar-refractivity contribution is 5.84. The van der Waals surface area contributed by atoms with E-state index in [1.54, 1.807) is 0 Å². The molecule has 4 heteroatoms. The van der Waals surface area contributed by atoms with Gasteiger partial charge < -0.3 is 4.74 Å². The third-order valence-electron chi connectivity index (χ3n) is 2.44. The van der Waals surface area contributed by atoms with Gasteiger partial charge in [0.2, 0.25) is 0 Å². The van der Waals surface area contributed by atoms with Gasteiger partial charge in [-0.2, -0.15) is 5.10 Å². The van der Waals surface area contributed by atoms with Gasteiger partial charge >= 0.3 is 0 Å². The number of rotatable bonds is 6. The van der Waals surface area contributed by atoms with Crippen LogP contribution in [0, 0.1) is 6.92 Å². The highest BCUT2D eigenvalue weighted by Crippen LogP contribution is 2.15. The predicted molar refractivity (Wildman–Crippen MR) is 72.8 cm³/mol. The highest BCUT2D eigenvalue weighted by Gasteiger charge is 2.03. The minimum absolute atomic E-state index is 0.0201. The van der Waals surface area contributed by atoms with E-state index in [4.69, 9.17) is 4.74 Å². The second-order valence-corrected chi connectivity index (χ2v) is 4.19. The molecule has 4 nitrogen and oxygen atoms in total. The fraction of sp³-hybridized carbons (Fsp3) is 0.429. The highest BCUT2D eigenvalue weighted by atomic mass is 16.5. The molecule has 1 aromatic carbocycles. The standard InChI is InChI=1S/C14H20N2O2/c1-4-7-12(3)15-16-14(17)10-18-13-9-6-5-8-11(13)2/h5-6,8-9H,4,7,10H2,1-3H3,(H,16,17)/b15-12+. The first-order chi connectivity index (χ1) is 8.63. The minimum Gasteiger partial charge on any atom is -0.483 e. The SMILES string of the molecule is CCC/C(C)=N/NC(=O)COc1ccccc1C. The summed E-state index contributed by atoms with van der Waals surface area (Å²) in [6, 6.07) is 7.59. The van der Waals surface area contributed by atoms with Crippen LogP contribution in [-0.2, 0) is 4.79 Å². The zero-order chi connectivity index (χ0) is 13.4. The van der Waals surface area contributed by atoms with Crippen molar-refractivity contribution < 1.29 is 9.53 Å². The second-order valence-electron chi connectivity index (χ2n) is 4.19. The minimum atomic E-state index is -0.242. The number of para-hydroxylation sites is 1. The van der Waals surface area contributed by atoms with Crippen molar-refractivity contribution >= 4 is 11.6 Å². The molecule has 1 N–H and O–H groups in total. The predicted octanol–water partition coefficient (Wildman–Crippen LogP) is 2.67. The van der Waals surface area contributed by atoms with Gasteiger partial charge in [-0.1, -0.05) is 31.5 Å². The molecule has 0 aliphatic carbocycles. The van der Waals surface area contributed by atoms with E-state index in [0.717, 1.165) is 29.9 Å². The molecular weight excluding hydrogens is 228 g/mol. The van der Waals surface area contributed by atoms with Gasteiger partial charge in [-0.25, -0.2) is 5.43 Å². The molecule has 0 atom stereocenters. The van der Waals surface area contributed by atoms with Crippen molar-refractivity contribution in [1.82, 2.24) is 5.43 Å². The van der Waals surface area contributed by atoms with E-state index in [2.05, 4.69) is 17.5 Å². The van der Waals surface area contributed by atoms with Gasteiger partial charge in [-0.05, 0) is 31.9 Å². The summed E-state index contributed by atoms with van der Waals surface area (Å²) in [7, 11) is 0. The summed E-state index contributed by atoms with van der Waals surface area (Å²) in [5, 5.41) is 3.99. The first kappa shape index (κ1) is 14.2. The van der Waals surface area contributed by atoms with Crippen LogP contribution in [0.3, 0.4) is 0 Å². The number of hydrogen-bond donors (Lipinski definition) is 1. The van der Waals surface area contributed by atoms with Gasteiger partial charge in [0.05, 0.1) is 0 Å². The number of carbonyl (C=O) groups excluding carboxylic acids is 1. The Balaban J connectivity index is 2.38. The van der Waals surface area contributed by atoms with E-state index >= 15 is 0 Å². The van der Waals surface area contributed by atoms with Crippen LogP contribution in [0.4, 0.5) is 0 Å². The normalized spacial score (nSPS) is 11.2. The topological polar surface area (TPSA) is 50.7 Å². The molecule has 0 unspecified atom stereocenters. The quantitative estimate of drug-likeness (QED) is 0.621. The first-order valence-electron chi connectivity index (χ1n) is 6.14. The van der Waals surface area contributed by atoms with Gasteiger partial charge in [0.25, 0.3) is 5.91 Å².